The Labute approximate surface area is 208 Å². The standard InChI is InChI=1S/C27H24N4O4S/c1-36(33,34)35-17-27(32)14-21(15-27)25-24-16-28-11-12-31(24)26(30-25)20-8-7-19-9-10-22(29-23(19)13-20)18-5-3-2-4-6-18/h2-13,16,21,32H,14-15,17H2,1H3. The van der Waals surface area contributed by atoms with Gasteiger partial charge in [0.25, 0.3) is 10.1 Å². The zero-order valence-electron chi connectivity index (χ0n) is 19.6. The van der Waals surface area contributed by atoms with Crippen LogP contribution in [0.3, 0.4) is 0 Å². The SMILES string of the molecule is CS(=O)(=O)OCC1(O)CC(c2nc(-c3ccc4ccc(-c5ccccc5)nc4c3)n3ccncc23)C1. The van der Waals surface area contributed by atoms with Crippen molar-refractivity contribution >= 4 is 26.5 Å². The van der Waals surface area contributed by atoms with Crippen LogP contribution in [0.4, 0.5) is 0 Å². The average molecular weight is 501 g/mol. The van der Waals surface area contributed by atoms with Gasteiger partial charge in [0, 0.05) is 34.8 Å². The van der Waals surface area contributed by atoms with Gasteiger partial charge in [0.1, 0.15) is 5.82 Å². The molecule has 1 aliphatic carbocycles. The number of imidazole rings is 1. The van der Waals surface area contributed by atoms with Gasteiger partial charge in [-0.3, -0.25) is 13.6 Å². The highest BCUT2D eigenvalue weighted by Crippen LogP contribution is 2.46. The van der Waals surface area contributed by atoms with E-state index in [-0.39, 0.29) is 12.5 Å². The molecule has 1 fully saturated rings. The van der Waals surface area contributed by atoms with Crippen molar-refractivity contribution in [3.63, 3.8) is 0 Å². The van der Waals surface area contributed by atoms with Crippen molar-refractivity contribution < 1.29 is 17.7 Å². The average Bonchev–Trinajstić information content (AvgIpc) is 3.25. The number of pyridine rings is 1. The Bertz CT molecular complexity index is 1690. The van der Waals surface area contributed by atoms with Crippen LogP contribution in [0.15, 0.2) is 79.3 Å². The molecular weight excluding hydrogens is 476 g/mol. The van der Waals surface area contributed by atoms with Crippen LogP contribution in [0.2, 0.25) is 0 Å². The quantitative estimate of drug-likeness (QED) is 0.348. The maximum Gasteiger partial charge on any atom is 0.264 e. The van der Waals surface area contributed by atoms with Gasteiger partial charge in [-0.1, -0.05) is 48.5 Å². The predicted octanol–water partition coefficient (Wildman–Crippen LogP) is 4.20. The summed E-state index contributed by atoms with van der Waals surface area (Å²) in [4.78, 5) is 14.1. The largest absolute Gasteiger partial charge is 0.387 e. The molecular formula is C27H24N4O4S. The summed E-state index contributed by atoms with van der Waals surface area (Å²) < 4.78 is 29.5. The normalized spacial score (nSPS) is 20.0. The van der Waals surface area contributed by atoms with E-state index in [1.54, 1.807) is 12.4 Å². The molecule has 0 aliphatic heterocycles. The van der Waals surface area contributed by atoms with Gasteiger partial charge in [0.2, 0.25) is 0 Å². The summed E-state index contributed by atoms with van der Waals surface area (Å²) in [5.41, 5.74) is 4.25. The second-order valence-corrected chi connectivity index (χ2v) is 11.1. The molecule has 0 amide bonds. The van der Waals surface area contributed by atoms with Crippen LogP contribution in [0.1, 0.15) is 24.5 Å². The summed E-state index contributed by atoms with van der Waals surface area (Å²) in [5.74, 6) is 0.730. The van der Waals surface area contributed by atoms with Gasteiger partial charge in [-0.05, 0) is 25.0 Å². The molecule has 1 saturated carbocycles. The Morgan fingerprint density at radius 2 is 1.83 bits per heavy atom. The molecule has 0 atom stereocenters. The molecule has 0 spiro atoms. The fourth-order valence-corrected chi connectivity index (χ4v) is 5.31. The lowest BCUT2D eigenvalue weighted by Gasteiger charge is -2.42. The van der Waals surface area contributed by atoms with Gasteiger partial charge in [-0.25, -0.2) is 9.97 Å². The predicted molar refractivity (Wildman–Crippen MR) is 137 cm³/mol. The minimum atomic E-state index is -3.62. The molecule has 9 heteroatoms. The molecule has 3 heterocycles. The number of benzene rings is 2. The van der Waals surface area contributed by atoms with Crippen LogP contribution in [0, 0.1) is 0 Å². The number of hydrogen-bond acceptors (Lipinski definition) is 7. The Hall–Kier alpha value is -3.66. The highest BCUT2D eigenvalue weighted by Gasteiger charge is 2.46. The topological polar surface area (TPSA) is 107 Å². The molecule has 5 aromatic rings. The number of nitrogens with zero attached hydrogens (tertiary/aromatic N) is 4. The minimum Gasteiger partial charge on any atom is -0.387 e. The van der Waals surface area contributed by atoms with E-state index in [0.717, 1.165) is 51.0 Å². The Balaban J connectivity index is 1.35. The summed E-state index contributed by atoms with van der Waals surface area (Å²) in [6, 6.07) is 20.3. The van der Waals surface area contributed by atoms with Gasteiger partial charge in [0.05, 0.1) is 47.1 Å². The second-order valence-electron chi connectivity index (χ2n) is 9.42. The molecule has 182 valence electrons. The molecule has 1 aliphatic rings. The maximum absolute atomic E-state index is 11.3. The third-order valence-electron chi connectivity index (χ3n) is 6.68. The van der Waals surface area contributed by atoms with Crippen molar-refractivity contribution in [2.24, 2.45) is 0 Å². The van der Waals surface area contributed by atoms with Crippen LogP contribution in [-0.4, -0.2) is 51.3 Å². The van der Waals surface area contributed by atoms with Gasteiger partial charge in [0.15, 0.2) is 0 Å². The lowest BCUT2D eigenvalue weighted by molar-refractivity contribution is -0.0786. The first-order valence-electron chi connectivity index (χ1n) is 11.6. The Kier molecular flexibility index (Phi) is 5.36. The summed E-state index contributed by atoms with van der Waals surface area (Å²) in [7, 11) is -3.62. The first-order valence-corrected chi connectivity index (χ1v) is 13.5. The van der Waals surface area contributed by atoms with E-state index in [1.807, 2.05) is 65.2 Å². The minimum absolute atomic E-state index is 0.0330. The van der Waals surface area contributed by atoms with Crippen LogP contribution in [0.5, 0.6) is 0 Å². The van der Waals surface area contributed by atoms with E-state index in [0.29, 0.717) is 12.8 Å². The summed E-state index contributed by atoms with van der Waals surface area (Å²) in [6.07, 6.45) is 7.06. The van der Waals surface area contributed by atoms with Crippen molar-refractivity contribution in [1.82, 2.24) is 19.4 Å². The van der Waals surface area contributed by atoms with Gasteiger partial charge >= 0.3 is 0 Å². The Morgan fingerprint density at radius 3 is 2.61 bits per heavy atom. The van der Waals surface area contributed by atoms with Gasteiger partial charge < -0.3 is 5.11 Å². The lowest BCUT2D eigenvalue weighted by atomic mass is 9.70. The van der Waals surface area contributed by atoms with E-state index in [9.17, 15) is 13.5 Å². The number of hydrogen-bond donors (Lipinski definition) is 1. The smallest absolute Gasteiger partial charge is 0.264 e. The molecule has 36 heavy (non-hydrogen) atoms. The van der Waals surface area contributed by atoms with Crippen molar-refractivity contribution in [3.8, 4) is 22.6 Å². The second kappa shape index (κ2) is 8.48. The number of aliphatic hydroxyl groups is 1. The van der Waals surface area contributed by atoms with Crippen molar-refractivity contribution in [2.75, 3.05) is 12.9 Å². The highest BCUT2D eigenvalue weighted by molar-refractivity contribution is 7.85. The molecule has 0 bridgehead atoms. The fourth-order valence-electron chi connectivity index (χ4n) is 4.88. The van der Waals surface area contributed by atoms with Crippen LogP contribution in [-0.2, 0) is 14.3 Å². The lowest BCUT2D eigenvalue weighted by Crippen LogP contribution is -2.47. The Morgan fingerprint density at radius 1 is 1.06 bits per heavy atom. The van der Waals surface area contributed by atoms with Gasteiger partial charge in [-0.2, -0.15) is 8.42 Å². The van der Waals surface area contributed by atoms with Crippen molar-refractivity contribution in [2.45, 2.75) is 24.4 Å². The zero-order chi connectivity index (χ0) is 24.9. The number of rotatable bonds is 6. The highest BCUT2D eigenvalue weighted by atomic mass is 32.2. The van der Waals surface area contributed by atoms with E-state index in [2.05, 4.69) is 11.1 Å². The number of fused-ring (bicyclic) bond motifs is 2. The van der Waals surface area contributed by atoms with E-state index in [4.69, 9.17) is 14.2 Å². The molecule has 3 aromatic heterocycles. The van der Waals surface area contributed by atoms with E-state index in [1.165, 1.54) is 0 Å². The van der Waals surface area contributed by atoms with Crippen LogP contribution in [0.25, 0.3) is 39.1 Å². The molecule has 1 N–H and O–H groups in total. The first kappa shape index (κ1) is 22.8. The third-order valence-corrected chi connectivity index (χ3v) is 7.22. The van der Waals surface area contributed by atoms with E-state index < -0.39 is 15.7 Å². The molecule has 8 nitrogen and oxygen atoms in total. The fraction of sp³-hybridized carbons (Fsp3) is 0.222. The van der Waals surface area contributed by atoms with Crippen LogP contribution >= 0.6 is 0 Å². The number of aromatic nitrogens is 4. The maximum atomic E-state index is 11.3. The van der Waals surface area contributed by atoms with Gasteiger partial charge in [-0.15, -0.1) is 0 Å². The van der Waals surface area contributed by atoms with E-state index >= 15 is 0 Å². The first-order chi connectivity index (χ1) is 17.3. The van der Waals surface area contributed by atoms with Crippen molar-refractivity contribution in [3.05, 3.63) is 84.9 Å². The molecule has 2 aromatic carbocycles. The summed E-state index contributed by atoms with van der Waals surface area (Å²) >= 11 is 0. The molecule has 0 saturated heterocycles. The zero-order valence-corrected chi connectivity index (χ0v) is 20.4. The molecule has 0 unspecified atom stereocenters. The molecule has 0 radical (unpaired) electrons. The van der Waals surface area contributed by atoms with Crippen LogP contribution < -0.4 is 0 Å². The summed E-state index contributed by atoms with van der Waals surface area (Å²) in [5, 5.41) is 11.7. The summed E-state index contributed by atoms with van der Waals surface area (Å²) in [6.45, 7) is -0.251. The monoisotopic (exact) mass is 500 g/mol. The molecule has 6 rings (SSSR count). The van der Waals surface area contributed by atoms with Crippen molar-refractivity contribution in [1.29, 1.82) is 0 Å². The third kappa shape index (κ3) is 4.26.